The van der Waals surface area contributed by atoms with Crippen molar-refractivity contribution in [3.05, 3.63) is 23.8 Å². The Bertz CT molecular complexity index is 432. The molecule has 0 radical (unpaired) electrons. The molecule has 1 aromatic rings. The molecule has 18 heavy (non-hydrogen) atoms. The number of rotatable bonds is 4. The fourth-order valence-corrected chi connectivity index (χ4v) is 1.20. The Labute approximate surface area is 101 Å². The lowest BCUT2D eigenvalue weighted by Gasteiger charge is -2.11. The van der Waals surface area contributed by atoms with Crippen LogP contribution in [-0.4, -0.2) is 19.2 Å². The van der Waals surface area contributed by atoms with Gasteiger partial charge in [-0.15, -0.1) is 0 Å². The third-order valence-corrected chi connectivity index (χ3v) is 1.99. The lowest BCUT2D eigenvalue weighted by atomic mass is 10.2. The van der Waals surface area contributed by atoms with Gasteiger partial charge in [0.15, 0.2) is 6.61 Å². The molecule has 0 heterocycles. The maximum atomic E-state index is 12.3. The van der Waals surface area contributed by atoms with Crippen molar-refractivity contribution in [2.75, 3.05) is 18.9 Å². The Morgan fingerprint density at radius 1 is 1.39 bits per heavy atom. The highest BCUT2D eigenvalue weighted by Gasteiger charge is 2.30. The molecular formula is C11H12F3NO3. The average Bonchev–Trinajstić information content (AvgIpc) is 2.26. The SMILES string of the molecule is CCOC(=O)COc1ccc(C(F)(F)F)cc1N. The van der Waals surface area contributed by atoms with E-state index in [1.165, 1.54) is 0 Å². The molecule has 2 N–H and O–H groups in total. The van der Waals surface area contributed by atoms with Crippen LogP contribution in [0, 0.1) is 0 Å². The molecule has 0 saturated heterocycles. The Kier molecular flexibility index (Phi) is 4.41. The number of carbonyl (C=O) groups excluding carboxylic acids is 1. The number of alkyl halides is 3. The highest BCUT2D eigenvalue weighted by molar-refractivity contribution is 5.71. The van der Waals surface area contributed by atoms with E-state index in [0.29, 0.717) is 0 Å². The molecule has 1 aromatic carbocycles. The molecule has 0 unspecified atom stereocenters. The summed E-state index contributed by atoms with van der Waals surface area (Å²) in [4.78, 5) is 11.0. The summed E-state index contributed by atoms with van der Waals surface area (Å²) in [5.41, 5.74) is 4.34. The number of carbonyl (C=O) groups is 1. The van der Waals surface area contributed by atoms with Crippen molar-refractivity contribution in [1.82, 2.24) is 0 Å². The van der Waals surface area contributed by atoms with Crippen LogP contribution in [0.1, 0.15) is 12.5 Å². The molecule has 0 aliphatic heterocycles. The van der Waals surface area contributed by atoms with Crippen molar-refractivity contribution in [3.63, 3.8) is 0 Å². The van der Waals surface area contributed by atoms with Crippen molar-refractivity contribution in [2.45, 2.75) is 13.1 Å². The minimum absolute atomic E-state index is 0.0102. The number of halogens is 3. The van der Waals surface area contributed by atoms with Gasteiger partial charge in [-0.05, 0) is 25.1 Å². The highest BCUT2D eigenvalue weighted by Crippen LogP contribution is 2.33. The zero-order valence-electron chi connectivity index (χ0n) is 9.58. The highest BCUT2D eigenvalue weighted by atomic mass is 19.4. The largest absolute Gasteiger partial charge is 0.480 e. The zero-order valence-corrected chi connectivity index (χ0v) is 9.58. The van der Waals surface area contributed by atoms with Crippen molar-refractivity contribution in [1.29, 1.82) is 0 Å². The van der Waals surface area contributed by atoms with Gasteiger partial charge in [0.05, 0.1) is 17.9 Å². The van der Waals surface area contributed by atoms with Gasteiger partial charge in [0.25, 0.3) is 0 Å². The van der Waals surface area contributed by atoms with Crippen LogP contribution in [-0.2, 0) is 15.7 Å². The summed E-state index contributed by atoms with van der Waals surface area (Å²) < 4.78 is 46.6. The van der Waals surface area contributed by atoms with E-state index in [1.807, 2.05) is 0 Å². The molecule has 0 fully saturated rings. The fraction of sp³-hybridized carbons (Fsp3) is 0.364. The molecule has 1 rings (SSSR count). The molecule has 4 nitrogen and oxygen atoms in total. The molecule has 7 heteroatoms. The average molecular weight is 263 g/mol. The quantitative estimate of drug-likeness (QED) is 0.668. The van der Waals surface area contributed by atoms with Gasteiger partial charge < -0.3 is 15.2 Å². The van der Waals surface area contributed by atoms with Crippen LogP contribution in [0.5, 0.6) is 5.75 Å². The van der Waals surface area contributed by atoms with Crippen LogP contribution in [0.4, 0.5) is 18.9 Å². The van der Waals surface area contributed by atoms with Crippen molar-refractivity contribution < 1.29 is 27.4 Å². The first-order valence-corrected chi connectivity index (χ1v) is 5.09. The number of hydrogen-bond donors (Lipinski definition) is 1. The maximum absolute atomic E-state index is 12.3. The van der Waals surface area contributed by atoms with Gasteiger partial charge in [-0.3, -0.25) is 0 Å². The number of anilines is 1. The van der Waals surface area contributed by atoms with E-state index >= 15 is 0 Å². The lowest BCUT2D eigenvalue weighted by Crippen LogP contribution is -2.15. The molecule has 0 aromatic heterocycles. The zero-order chi connectivity index (χ0) is 13.8. The molecule has 0 aliphatic rings. The topological polar surface area (TPSA) is 61.5 Å². The summed E-state index contributed by atoms with van der Waals surface area (Å²) in [7, 11) is 0. The monoisotopic (exact) mass is 263 g/mol. The van der Waals surface area contributed by atoms with E-state index in [1.54, 1.807) is 6.92 Å². The Morgan fingerprint density at radius 2 is 2.06 bits per heavy atom. The predicted octanol–water partition coefficient (Wildman–Crippen LogP) is 2.23. The summed E-state index contributed by atoms with van der Waals surface area (Å²) in [5.74, 6) is -0.604. The predicted molar refractivity (Wildman–Crippen MR) is 58.0 cm³/mol. The van der Waals surface area contributed by atoms with Crippen LogP contribution in [0.2, 0.25) is 0 Å². The van der Waals surface area contributed by atoms with E-state index in [2.05, 4.69) is 4.74 Å². The van der Waals surface area contributed by atoms with Crippen LogP contribution >= 0.6 is 0 Å². The second kappa shape index (κ2) is 5.61. The van der Waals surface area contributed by atoms with Crippen LogP contribution in [0.15, 0.2) is 18.2 Å². The van der Waals surface area contributed by atoms with E-state index < -0.39 is 24.3 Å². The van der Waals surface area contributed by atoms with Gasteiger partial charge in [-0.25, -0.2) is 4.79 Å². The summed E-state index contributed by atoms with van der Waals surface area (Å²) in [6.07, 6.45) is -4.46. The first-order chi connectivity index (χ1) is 8.34. The van der Waals surface area contributed by atoms with Crippen LogP contribution < -0.4 is 10.5 Å². The second-order valence-corrected chi connectivity index (χ2v) is 3.34. The number of nitrogen functional groups attached to an aromatic ring is 1. The standard InChI is InChI=1S/C11H12F3NO3/c1-2-17-10(16)6-18-9-4-3-7(5-8(9)15)11(12,13)14/h3-5H,2,6,15H2,1H3. The minimum atomic E-state index is -4.46. The first-order valence-electron chi connectivity index (χ1n) is 5.09. The fourth-order valence-electron chi connectivity index (χ4n) is 1.20. The molecule has 0 atom stereocenters. The molecule has 0 aliphatic carbocycles. The summed E-state index contributed by atoms with van der Waals surface area (Å²) in [6, 6.07) is 2.65. The smallest absolute Gasteiger partial charge is 0.416 e. The molecular weight excluding hydrogens is 251 g/mol. The van der Waals surface area contributed by atoms with Crippen molar-refractivity contribution >= 4 is 11.7 Å². The Morgan fingerprint density at radius 3 is 2.56 bits per heavy atom. The van der Waals surface area contributed by atoms with Gasteiger partial charge in [-0.2, -0.15) is 13.2 Å². The third-order valence-electron chi connectivity index (χ3n) is 1.99. The normalized spacial score (nSPS) is 11.1. The van der Waals surface area contributed by atoms with E-state index in [4.69, 9.17) is 10.5 Å². The molecule has 100 valence electrons. The van der Waals surface area contributed by atoms with E-state index in [0.717, 1.165) is 18.2 Å². The van der Waals surface area contributed by atoms with E-state index in [9.17, 15) is 18.0 Å². The lowest BCUT2D eigenvalue weighted by molar-refractivity contribution is -0.145. The van der Waals surface area contributed by atoms with Gasteiger partial charge in [0.2, 0.25) is 0 Å². The van der Waals surface area contributed by atoms with Crippen molar-refractivity contribution in [3.8, 4) is 5.75 Å². The second-order valence-electron chi connectivity index (χ2n) is 3.34. The molecule has 0 amide bonds. The van der Waals surface area contributed by atoms with E-state index in [-0.39, 0.29) is 18.0 Å². The first kappa shape index (κ1) is 14.1. The van der Waals surface area contributed by atoms with Crippen LogP contribution in [0.3, 0.4) is 0 Å². The number of esters is 1. The van der Waals surface area contributed by atoms with Gasteiger partial charge in [0.1, 0.15) is 5.75 Å². The minimum Gasteiger partial charge on any atom is -0.480 e. The third kappa shape index (κ3) is 3.83. The Hall–Kier alpha value is -1.92. The molecule has 0 bridgehead atoms. The van der Waals surface area contributed by atoms with Gasteiger partial charge in [-0.1, -0.05) is 0 Å². The van der Waals surface area contributed by atoms with Gasteiger partial charge in [0, 0.05) is 0 Å². The van der Waals surface area contributed by atoms with Crippen molar-refractivity contribution in [2.24, 2.45) is 0 Å². The molecule has 0 spiro atoms. The number of nitrogens with two attached hydrogens (primary N) is 1. The van der Waals surface area contributed by atoms with Crippen LogP contribution in [0.25, 0.3) is 0 Å². The number of hydrogen-bond acceptors (Lipinski definition) is 4. The number of ether oxygens (including phenoxy) is 2. The Balaban J connectivity index is 2.72. The summed E-state index contributed by atoms with van der Waals surface area (Å²) in [5, 5.41) is 0. The summed E-state index contributed by atoms with van der Waals surface area (Å²) in [6.45, 7) is 1.43. The number of benzene rings is 1. The maximum Gasteiger partial charge on any atom is 0.416 e. The molecule has 0 saturated carbocycles. The summed E-state index contributed by atoms with van der Waals surface area (Å²) >= 11 is 0. The van der Waals surface area contributed by atoms with Gasteiger partial charge >= 0.3 is 12.1 Å².